The largest absolute Gasteiger partial charge is 0.319 e. The second-order valence-corrected chi connectivity index (χ2v) is 4.75. The number of aryl methyl sites for hydroxylation is 3. The molecule has 1 aromatic heterocycles. The van der Waals surface area contributed by atoms with Crippen molar-refractivity contribution < 1.29 is 0 Å². The summed E-state index contributed by atoms with van der Waals surface area (Å²) in [6.07, 6.45) is 0.997. The van der Waals surface area contributed by atoms with Crippen LogP contribution in [0.2, 0.25) is 0 Å². The monoisotopic (exact) mass is 243 g/mol. The van der Waals surface area contributed by atoms with E-state index >= 15 is 0 Å². The number of nitrogens with zero attached hydrogens (tertiary/aromatic N) is 2. The van der Waals surface area contributed by atoms with Crippen molar-refractivity contribution in [3.63, 3.8) is 0 Å². The molecule has 0 fully saturated rings. The molecule has 3 heteroatoms. The number of benzene rings is 1. The fraction of sp³-hybridized carbons (Fsp3) is 0.400. The molecule has 0 aliphatic rings. The highest BCUT2D eigenvalue weighted by molar-refractivity contribution is 5.69. The Labute approximate surface area is 109 Å². The Morgan fingerprint density at radius 1 is 1.28 bits per heavy atom. The zero-order valence-corrected chi connectivity index (χ0v) is 11.6. The van der Waals surface area contributed by atoms with E-state index in [1.807, 2.05) is 18.8 Å². The van der Waals surface area contributed by atoms with Crippen LogP contribution in [-0.2, 0) is 13.5 Å². The fourth-order valence-corrected chi connectivity index (χ4v) is 2.41. The van der Waals surface area contributed by atoms with Crippen molar-refractivity contribution >= 4 is 0 Å². The van der Waals surface area contributed by atoms with Gasteiger partial charge in [0.1, 0.15) is 0 Å². The molecule has 0 saturated heterocycles. The third-order valence-electron chi connectivity index (χ3n) is 3.26. The van der Waals surface area contributed by atoms with Gasteiger partial charge in [-0.05, 0) is 26.5 Å². The van der Waals surface area contributed by atoms with Crippen molar-refractivity contribution in [1.29, 1.82) is 0 Å². The molecule has 0 atom stereocenters. The van der Waals surface area contributed by atoms with E-state index in [9.17, 15) is 0 Å². The molecule has 1 N–H and O–H groups in total. The third-order valence-corrected chi connectivity index (χ3v) is 3.26. The molecule has 0 bridgehead atoms. The standard InChI is InChI=1S/C15H21N3/c1-11-6-5-7-13(10-11)15-12(2)17-18(4)14(15)8-9-16-3/h5-7,10,16H,8-9H2,1-4H3. The summed E-state index contributed by atoms with van der Waals surface area (Å²) in [5.41, 5.74) is 6.25. The van der Waals surface area contributed by atoms with E-state index in [1.54, 1.807) is 0 Å². The minimum atomic E-state index is 0.970. The van der Waals surface area contributed by atoms with Crippen LogP contribution < -0.4 is 5.32 Å². The quantitative estimate of drug-likeness (QED) is 0.894. The maximum Gasteiger partial charge on any atom is 0.0674 e. The van der Waals surface area contributed by atoms with Crippen molar-refractivity contribution in [2.24, 2.45) is 7.05 Å². The van der Waals surface area contributed by atoms with Crippen LogP contribution in [0, 0.1) is 13.8 Å². The summed E-state index contributed by atoms with van der Waals surface area (Å²) in [6, 6.07) is 8.63. The Morgan fingerprint density at radius 2 is 2.06 bits per heavy atom. The predicted octanol–water partition coefficient (Wildman–Crippen LogP) is 2.47. The molecule has 3 nitrogen and oxygen atoms in total. The summed E-state index contributed by atoms with van der Waals surface area (Å²) in [4.78, 5) is 0. The number of rotatable bonds is 4. The first kappa shape index (κ1) is 12.8. The van der Waals surface area contributed by atoms with Gasteiger partial charge in [0, 0.05) is 31.3 Å². The van der Waals surface area contributed by atoms with E-state index in [0.29, 0.717) is 0 Å². The summed E-state index contributed by atoms with van der Waals surface area (Å²) in [7, 11) is 4.01. The Balaban J connectivity index is 2.49. The second-order valence-electron chi connectivity index (χ2n) is 4.75. The SMILES string of the molecule is CNCCc1c(-c2cccc(C)c2)c(C)nn1C. The zero-order valence-electron chi connectivity index (χ0n) is 11.6. The van der Waals surface area contributed by atoms with E-state index in [0.717, 1.165) is 18.7 Å². The van der Waals surface area contributed by atoms with E-state index < -0.39 is 0 Å². The molecule has 0 aliphatic carbocycles. The molecule has 0 aliphatic heterocycles. The Morgan fingerprint density at radius 3 is 2.72 bits per heavy atom. The molecule has 0 unspecified atom stereocenters. The Kier molecular flexibility index (Phi) is 3.82. The van der Waals surface area contributed by atoms with Crippen LogP contribution in [0.1, 0.15) is 17.0 Å². The lowest BCUT2D eigenvalue weighted by atomic mass is 10.00. The van der Waals surface area contributed by atoms with Crippen molar-refractivity contribution in [1.82, 2.24) is 15.1 Å². The molecule has 0 amide bonds. The average molecular weight is 243 g/mol. The van der Waals surface area contributed by atoms with Gasteiger partial charge in [-0.3, -0.25) is 4.68 Å². The maximum absolute atomic E-state index is 4.56. The summed E-state index contributed by atoms with van der Waals surface area (Å²) >= 11 is 0. The first-order valence-electron chi connectivity index (χ1n) is 6.37. The average Bonchev–Trinajstić information content (AvgIpc) is 2.61. The van der Waals surface area contributed by atoms with Gasteiger partial charge in [0.25, 0.3) is 0 Å². The molecule has 18 heavy (non-hydrogen) atoms. The zero-order chi connectivity index (χ0) is 13.1. The van der Waals surface area contributed by atoms with Gasteiger partial charge in [-0.2, -0.15) is 5.10 Å². The van der Waals surface area contributed by atoms with Gasteiger partial charge < -0.3 is 5.32 Å². The lowest BCUT2D eigenvalue weighted by Crippen LogP contribution is -2.13. The Hall–Kier alpha value is -1.61. The maximum atomic E-state index is 4.56. The van der Waals surface area contributed by atoms with Gasteiger partial charge in [0.2, 0.25) is 0 Å². The molecule has 2 aromatic rings. The van der Waals surface area contributed by atoms with E-state index in [4.69, 9.17) is 0 Å². The third kappa shape index (κ3) is 2.46. The van der Waals surface area contributed by atoms with Crippen LogP contribution in [-0.4, -0.2) is 23.4 Å². The lowest BCUT2D eigenvalue weighted by Gasteiger charge is -2.07. The van der Waals surface area contributed by atoms with Gasteiger partial charge in [-0.15, -0.1) is 0 Å². The minimum Gasteiger partial charge on any atom is -0.319 e. The molecular formula is C15H21N3. The molecule has 1 aromatic carbocycles. The summed E-state index contributed by atoms with van der Waals surface area (Å²) in [6.45, 7) is 5.18. The molecule has 0 radical (unpaired) electrons. The van der Waals surface area contributed by atoms with Crippen LogP contribution in [0.25, 0.3) is 11.1 Å². The van der Waals surface area contributed by atoms with Crippen LogP contribution in [0.4, 0.5) is 0 Å². The number of hydrogen-bond acceptors (Lipinski definition) is 2. The van der Waals surface area contributed by atoms with Crippen LogP contribution >= 0.6 is 0 Å². The topological polar surface area (TPSA) is 29.9 Å². The molecular weight excluding hydrogens is 222 g/mol. The van der Waals surface area contributed by atoms with Gasteiger partial charge in [0.05, 0.1) is 5.69 Å². The van der Waals surface area contributed by atoms with E-state index in [2.05, 4.69) is 48.5 Å². The smallest absolute Gasteiger partial charge is 0.0674 e. The van der Waals surface area contributed by atoms with E-state index in [1.165, 1.54) is 22.4 Å². The van der Waals surface area contributed by atoms with Crippen LogP contribution in [0.15, 0.2) is 24.3 Å². The van der Waals surface area contributed by atoms with Gasteiger partial charge in [-0.25, -0.2) is 0 Å². The molecule has 0 spiro atoms. The first-order chi connectivity index (χ1) is 8.63. The van der Waals surface area contributed by atoms with Crippen LogP contribution in [0.3, 0.4) is 0 Å². The Bertz CT molecular complexity index is 541. The summed E-state index contributed by atoms with van der Waals surface area (Å²) in [5, 5.41) is 7.76. The predicted molar refractivity (Wildman–Crippen MR) is 75.7 cm³/mol. The van der Waals surface area contributed by atoms with Gasteiger partial charge in [0.15, 0.2) is 0 Å². The lowest BCUT2D eigenvalue weighted by molar-refractivity contribution is 0.678. The summed E-state index contributed by atoms with van der Waals surface area (Å²) < 4.78 is 2.00. The highest BCUT2D eigenvalue weighted by atomic mass is 15.3. The molecule has 0 saturated carbocycles. The first-order valence-corrected chi connectivity index (χ1v) is 6.37. The molecule has 96 valence electrons. The highest BCUT2D eigenvalue weighted by Gasteiger charge is 2.14. The van der Waals surface area contributed by atoms with Crippen molar-refractivity contribution in [3.05, 3.63) is 41.2 Å². The molecule has 1 heterocycles. The fourth-order valence-electron chi connectivity index (χ4n) is 2.41. The van der Waals surface area contributed by atoms with Crippen molar-refractivity contribution in [3.8, 4) is 11.1 Å². The van der Waals surface area contributed by atoms with Crippen molar-refractivity contribution in [2.45, 2.75) is 20.3 Å². The molecule has 2 rings (SSSR count). The number of nitrogens with one attached hydrogen (secondary N) is 1. The van der Waals surface area contributed by atoms with Gasteiger partial charge in [-0.1, -0.05) is 29.8 Å². The van der Waals surface area contributed by atoms with Gasteiger partial charge >= 0.3 is 0 Å². The number of likely N-dealkylation sites (N-methyl/N-ethyl adjacent to an activating group) is 1. The second kappa shape index (κ2) is 5.36. The normalized spacial score (nSPS) is 10.9. The van der Waals surface area contributed by atoms with E-state index in [-0.39, 0.29) is 0 Å². The summed E-state index contributed by atoms with van der Waals surface area (Å²) in [5.74, 6) is 0. The van der Waals surface area contributed by atoms with Crippen LogP contribution in [0.5, 0.6) is 0 Å². The highest BCUT2D eigenvalue weighted by Crippen LogP contribution is 2.27. The van der Waals surface area contributed by atoms with Crippen molar-refractivity contribution in [2.75, 3.05) is 13.6 Å². The number of aromatic nitrogens is 2. The number of hydrogen-bond donors (Lipinski definition) is 1. The minimum absolute atomic E-state index is 0.970.